The van der Waals surface area contributed by atoms with Crippen LogP contribution < -0.4 is 5.73 Å². The van der Waals surface area contributed by atoms with Gasteiger partial charge < -0.3 is 5.73 Å². The highest BCUT2D eigenvalue weighted by atomic mass is 16.1. The van der Waals surface area contributed by atoms with Gasteiger partial charge in [0.1, 0.15) is 0 Å². The standard InChI is InChI=1S/C15H21NO/c1-10-7-11(2)9-12(8-10)14(17)15(3)6-4-5-13(15)16/h7-9,13H,4-6,16H2,1-3H3. The monoisotopic (exact) mass is 231 g/mol. The molecular weight excluding hydrogens is 210 g/mol. The van der Waals surface area contributed by atoms with E-state index in [0.29, 0.717) is 0 Å². The van der Waals surface area contributed by atoms with E-state index in [-0.39, 0.29) is 17.2 Å². The highest BCUT2D eigenvalue weighted by Crippen LogP contribution is 2.39. The Morgan fingerprint density at radius 3 is 2.35 bits per heavy atom. The van der Waals surface area contributed by atoms with E-state index in [2.05, 4.69) is 6.07 Å². The van der Waals surface area contributed by atoms with E-state index in [0.717, 1.165) is 36.0 Å². The summed E-state index contributed by atoms with van der Waals surface area (Å²) in [6.45, 7) is 6.08. The van der Waals surface area contributed by atoms with Crippen LogP contribution in [0.15, 0.2) is 18.2 Å². The fourth-order valence-electron chi connectivity index (χ4n) is 2.91. The summed E-state index contributed by atoms with van der Waals surface area (Å²) < 4.78 is 0. The van der Waals surface area contributed by atoms with Gasteiger partial charge in [-0.15, -0.1) is 0 Å². The quantitative estimate of drug-likeness (QED) is 0.795. The van der Waals surface area contributed by atoms with Gasteiger partial charge in [-0.2, -0.15) is 0 Å². The summed E-state index contributed by atoms with van der Waals surface area (Å²) in [5.74, 6) is 0.217. The first-order valence-electron chi connectivity index (χ1n) is 6.32. The molecule has 0 aromatic heterocycles. The van der Waals surface area contributed by atoms with Crippen LogP contribution >= 0.6 is 0 Å². The van der Waals surface area contributed by atoms with Crippen LogP contribution in [0.25, 0.3) is 0 Å². The lowest BCUT2D eigenvalue weighted by molar-refractivity contribution is 0.0802. The fraction of sp³-hybridized carbons (Fsp3) is 0.533. The van der Waals surface area contributed by atoms with Crippen LogP contribution in [-0.2, 0) is 0 Å². The molecule has 0 amide bonds. The van der Waals surface area contributed by atoms with E-state index in [9.17, 15) is 4.79 Å². The number of hydrogen-bond donors (Lipinski definition) is 1. The first kappa shape index (κ1) is 12.3. The van der Waals surface area contributed by atoms with E-state index in [1.54, 1.807) is 0 Å². The average molecular weight is 231 g/mol. The maximum Gasteiger partial charge on any atom is 0.170 e. The Balaban J connectivity index is 2.37. The third-order valence-electron chi connectivity index (χ3n) is 4.03. The molecule has 0 heterocycles. The van der Waals surface area contributed by atoms with Crippen molar-refractivity contribution in [3.05, 3.63) is 34.9 Å². The second-order valence-electron chi connectivity index (χ2n) is 5.62. The maximum absolute atomic E-state index is 12.6. The number of ketones is 1. The molecule has 1 saturated carbocycles. The van der Waals surface area contributed by atoms with Gasteiger partial charge in [-0.25, -0.2) is 0 Å². The van der Waals surface area contributed by atoms with E-state index >= 15 is 0 Å². The number of hydrogen-bond acceptors (Lipinski definition) is 2. The minimum Gasteiger partial charge on any atom is -0.327 e. The molecule has 1 aromatic rings. The van der Waals surface area contributed by atoms with Crippen molar-refractivity contribution in [1.82, 2.24) is 0 Å². The van der Waals surface area contributed by atoms with Gasteiger partial charge in [0.05, 0.1) is 0 Å². The second kappa shape index (κ2) is 4.26. The number of carbonyl (C=O) groups is 1. The molecule has 1 aliphatic carbocycles. The van der Waals surface area contributed by atoms with E-state index < -0.39 is 0 Å². The Morgan fingerprint density at radius 2 is 1.88 bits per heavy atom. The SMILES string of the molecule is Cc1cc(C)cc(C(=O)C2(C)CCCC2N)c1. The molecule has 0 radical (unpaired) electrons. The number of carbonyl (C=O) groups excluding carboxylic acids is 1. The number of Topliss-reactive ketones (excluding diaryl/α,β-unsaturated/α-hetero) is 1. The van der Waals surface area contributed by atoms with Crippen molar-refractivity contribution in [2.75, 3.05) is 0 Å². The minimum atomic E-state index is -0.361. The zero-order valence-corrected chi connectivity index (χ0v) is 10.9. The highest BCUT2D eigenvalue weighted by molar-refractivity contribution is 6.01. The molecule has 0 spiro atoms. The molecule has 2 N–H and O–H groups in total. The molecular formula is C15H21NO. The normalized spacial score (nSPS) is 28.4. The molecule has 92 valence electrons. The molecule has 2 atom stereocenters. The lowest BCUT2D eigenvalue weighted by Gasteiger charge is -2.27. The molecule has 17 heavy (non-hydrogen) atoms. The van der Waals surface area contributed by atoms with Crippen LogP contribution in [0, 0.1) is 19.3 Å². The summed E-state index contributed by atoms with van der Waals surface area (Å²) in [5, 5.41) is 0. The molecule has 0 aliphatic heterocycles. The molecule has 2 nitrogen and oxygen atoms in total. The van der Waals surface area contributed by atoms with Gasteiger partial charge >= 0.3 is 0 Å². The third-order valence-corrected chi connectivity index (χ3v) is 4.03. The summed E-state index contributed by atoms with van der Waals surface area (Å²) in [6.07, 6.45) is 2.95. The number of rotatable bonds is 2. The highest BCUT2D eigenvalue weighted by Gasteiger charge is 2.43. The molecule has 2 rings (SSSR count). The Morgan fingerprint density at radius 1 is 1.29 bits per heavy atom. The van der Waals surface area contributed by atoms with Crippen molar-refractivity contribution < 1.29 is 4.79 Å². The fourth-order valence-corrected chi connectivity index (χ4v) is 2.91. The Hall–Kier alpha value is -1.15. The van der Waals surface area contributed by atoms with Gasteiger partial charge in [-0.1, -0.05) is 30.5 Å². The summed E-state index contributed by atoms with van der Waals surface area (Å²) in [5.41, 5.74) is 8.85. The van der Waals surface area contributed by atoms with Crippen LogP contribution in [0.1, 0.15) is 47.7 Å². The topological polar surface area (TPSA) is 43.1 Å². The van der Waals surface area contributed by atoms with Crippen LogP contribution in [0.3, 0.4) is 0 Å². The van der Waals surface area contributed by atoms with Gasteiger partial charge in [0.25, 0.3) is 0 Å². The molecule has 1 fully saturated rings. The second-order valence-corrected chi connectivity index (χ2v) is 5.62. The van der Waals surface area contributed by atoms with Gasteiger partial charge in [0.15, 0.2) is 5.78 Å². The van der Waals surface area contributed by atoms with Gasteiger partial charge in [-0.05, 0) is 38.8 Å². The van der Waals surface area contributed by atoms with Crippen LogP contribution in [-0.4, -0.2) is 11.8 Å². The molecule has 2 heteroatoms. The van der Waals surface area contributed by atoms with E-state index in [1.807, 2.05) is 32.9 Å². The smallest absolute Gasteiger partial charge is 0.170 e. The Bertz CT molecular complexity index is 432. The summed E-state index contributed by atoms with van der Waals surface area (Å²) in [7, 11) is 0. The average Bonchev–Trinajstić information content (AvgIpc) is 2.58. The molecule has 0 saturated heterocycles. The Labute approximate surface area is 103 Å². The lowest BCUT2D eigenvalue weighted by atomic mass is 9.77. The molecule has 2 unspecified atom stereocenters. The van der Waals surface area contributed by atoms with Crippen molar-refractivity contribution in [2.24, 2.45) is 11.1 Å². The number of aryl methyl sites for hydroxylation is 2. The van der Waals surface area contributed by atoms with Gasteiger partial charge in [0, 0.05) is 17.0 Å². The molecule has 1 aliphatic rings. The van der Waals surface area contributed by atoms with Crippen molar-refractivity contribution >= 4 is 5.78 Å². The van der Waals surface area contributed by atoms with Crippen molar-refractivity contribution in [3.8, 4) is 0 Å². The third kappa shape index (κ3) is 2.14. The zero-order valence-electron chi connectivity index (χ0n) is 10.9. The maximum atomic E-state index is 12.6. The van der Waals surface area contributed by atoms with Gasteiger partial charge in [-0.3, -0.25) is 4.79 Å². The summed E-state index contributed by atoms with van der Waals surface area (Å²) in [4.78, 5) is 12.6. The van der Waals surface area contributed by atoms with E-state index in [1.165, 1.54) is 0 Å². The van der Waals surface area contributed by atoms with Gasteiger partial charge in [0.2, 0.25) is 0 Å². The number of nitrogens with two attached hydrogens (primary N) is 1. The predicted molar refractivity (Wildman–Crippen MR) is 70.2 cm³/mol. The number of benzene rings is 1. The first-order valence-corrected chi connectivity index (χ1v) is 6.32. The van der Waals surface area contributed by atoms with Crippen molar-refractivity contribution in [2.45, 2.75) is 46.1 Å². The Kier molecular flexibility index (Phi) is 3.09. The molecule has 0 bridgehead atoms. The summed E-state index contributed by atoms with van der Waals surface area (Å²) in [6, 6.07) is 6.06. The molecule has 1 aromatic carbocycles. The summed E-state index contributed by atoms with van der Waals surface area (Å²) >= 11 is 0. The van der Waals surface area contributed by atoms with Crippen molar-refractivity contribution in [3.63, 3.8) is 0 Å². The van der Waals surface area contributed by atoms with E-state index in [4.69, 9.17) is 5.73 Å². The zero-order chi connectivity index (χ0) is 12.6. The van der Waals surface area contributed by atoms with Crippen LogP contribution in [0.5, 0.6) is 0 Å². The minimum absolute atomic E-state index is 0.0100. The predicted octanol–water partition coefficient (Wildman–Crippen LogP) is 3.00. The largest absolute Gasteiger partial charge is 0.327 e. The first-order chi connectivity index (χ1) is 7.93. The van der Waals surface area contributed by atoms with Crippen LogP contribution in [0.2, 0.25) is 0 Å². The van der Waals surface area contributed by atoms with Crippen LogP contribution in [0.4, 0.5) is 0 Å². The lowest BCUT2D eigenvalue weighted by Crippen LogP contribution is -2.41. The van der Waals surface area contributed by atoms with Crippen molar-refractivity contribution in [1.29, 1.82) is 0 Å².